The Kier molecular flexibility index (Phi) is 3.50. The third kappa shape index (κ3) is 2.46. The van der Waals surface area contributed by atoms with Gasteiger partial charge in [-0.3, -0.25) is 4.79 Å². The van der Waals surface area contributed by atoms with Gasteiger partial charge in [0.15, 0.2) is 5.76 Å². The van der Waals surface area contributed by atoms with Crippen LogP contribution in [0.15, 0.2) is 27.1 Å². The van der Waals surface area contributed by atoms with Gasteiger partial charge >= 0.3 is 0 Å². The number of aryl methyl sites for hydroxylation is 1. The molecule has 0 saturated carbocycles. The maximum Gasteiger partial charge on any atom is 0.287 e. The van der Waals surface area contributed by atoms with Gasteiger partial charge in [-0.1, -0.05) is 15.9 Å². The van der Waals surface area contributed by atoms with Crippen LogP contribution >= 0.6 is 15.9 Å². The molecular formula is C17H19BrN2O2. The normalized spacial score (nSPS) is 27.3. The molecule has 4 rings (SSSR count). The molecule has 2 aliphatic heterocycles. The van der Waals surface area contributed by atoms with Gasteiger partial charge in [-0.25, -0.2) is 0 Å². The van der Waals surface area contributed by atoms with Crippen LogP contribution in [0, 0.1) is 6.92 Å². The van der Waals surface area contributed by atoms with Crippen molar-refractivity contribution in [1.29, 1.82) is 0 Å². The van der Waals surface area contributed by atoms with Crippen molar-refractivity contribution >= 4 is 32.8 Å². The Morgan fingerprint density at radius 1 is 1.32 bits per heavy atom. The second kappa shape index (κ2) is 5.39. The summed E-state index contributed by atoms with van der Waals surface area (Å²) in [5.41, 5.74) is 1.67. The number of rotatable bonds is 2. The Hall–Kier alpha value is -1.33. The van der Waals surface area contributed by atoms with Crippen molar-refractivity contribution in [3.8, 4) is 0 Å². The van der Waals surface area contributed by atoms with Crippen molar-refractivity contribution in [1.82, 2.24) is 10.6 Å². The van der Waals surface area contributed by atoms with Crippen LogP contribution in [0.25, 0.3) is 11.0 Å². The van der Waals surface area contributed by atoms with Crippen LogP contribution in [0.3, 0.4) is 0 Å². The van der Waals surface area contributed by atoms with Crippen molar-refractivity contribution in [3.05, 3.63) is 34.0 Å². The van der Waals surface area contributed by atoms with Gasteiger partial charge in [-0.05, 0) is 50.8 Å². The summed E-state index contributed by atoms with van der Waals surface area (Å²) in [7, 11) is 0. The largest absolute Gasteiger partial charge is 0.451 e. The molecule has 1 aromatic heterocycles. The minimum absolute atomic E-state index is 0.0869. The molecule has 2 bridgehead atoms. The minimum Gasteiger partial charge on any atom is -0.451 e. The molecule has 2 aliphatic rings. The number of fused-ring (bicyclic) bond motifs is 3. The second-order valence-corrected chi connectivity index (χ2v) is 7.39. The van der Waals surface area contributed by atoms with Gasteiger partial charge in [0.1, 0.15) is 5.58 Å². The number of piperidine rings is 1. The lowest BCUT2D eigenvalue weighted by atomic mass is 9.99. The number of hydrogen-bond acceptors (Lipinski definition) is 3. The van der Waals surface area contributed by atoms with Crippen molar-refractivity contribution in [2.24, 2.45) is 0 Å². The van der Waals surface area contributed by atoms with Crippen LogP contribution in [0.5, 0.6) is 0 Å². The number of halogens is 1. The number of furan rings is 1. The number of amides is 1. The number of benzene rings is 1. The summed E-state index contributed by atoms with van der Waals surface area (Å²) in [4.78, 5) is 12.6. The number of hydrogen-bond donors (Lipinski definition) is 2. The van der Waals surface area contributed by atoms with E-state index < -0.39 is 0 Å². The lowest BCUT2D eigenvalue weighted by Crippen LogP contribution is -2.48. The molecule has 1 amide bonds. The average molecular weight is 363 g/mol. The van der Waals surface area contributed by atoms with Crippen LogP contribution in [0.1, 0.15) is 41.8 Å². The highest BCUT2D eigenvalue weighted by Gasteiger charge is 2.34. The highest BCUT2D eigenvalue weighted by atomic mass is 79.9. The van der Waals surface area contributed by atoms with E-state index in [1.807, 2.05) is 25.1 Å². The van der Waals surface area contributed by atoms with E-state index >= 15 is 0 Å². The SMILES string of the molecule is Cc1c(C(=O)NC2CC3CCC(C2)N3)oc2ccc(Br)cc12. The first-order valence-corrected chi connectivity index (χ1v) is 8.65. The monoisotopic (exact) mass is 362 g/mol. The highest BCUT2D eigenvalue weighted by molar-refractivity contribution is 9.10. The maximum absolute atomic E-state index is 12.6. The molecule has 3 heterocycles. The first-order chi connectivity index (χ1) is 10.6. The van der Waals surface area contributed by atoms with Crippen molar-refractivity contribution < 1.29 is 9.21 Å². The van der Waals surface area contributed by atoms with Gasteiger partial charge in [0.05, 0.1) is 0 Å². The standard InChI is InChI=1S/C17H19BrN2O2/c1-9-14-6-10(18)2-5-15(14)22-16(9)17(21)20-13-7-11-3-4-12(8-13)19-11/h2,5-6,11-13,19H,3-4,7-8H2,1H3,(H,20,21). The Morgan fingerprint density at radius 2 is 2.05 bits per heavy atom. The topological polar surface area (TPSA) is 54.3 Å². The highest BCUT2D eigenvalue weighted by Crippen LogP contribution is 2.30. The van der Waals surface area contributed by atoms with E-state index in [0.717, 1.165) is 33.8 Å². The summed E-state index contributed by atoms with van der Waals surface area (Å²) >= 11 is 3.46. The molecule has 2 saturated heterocycles. The van der Waals surface area contributed by atoms with Crippen LogP contribution in [0.2, 0.25) is 0 Å². The number of carbonyl (C=O) groups is 1. The molecular weight excluding hydrogens is 344 g/mol. The predicted molar refractivity (Wildman–Crippen MR) is 89.1 cm³/mol. The molecule has 0 spiro atoms. The average Bonchev–Trinajstić information content (AvgIpc) is 2.99. The van der Waals surface area contributed by atoms with Crippen LogP contribution in [-0.2, 0) is 0 Å². The molecule has 2 N–H and O–H groups in total. The van der Waals surface area contributed by atoms with Gasteiger partial charge in [0, 0.05) is 33.5 Å². The summed E-state index contributed by atoms with van der Waals surface area (Å²) in [6.45, 7) is 1.94. The van der Waals surface area contributed by atoms with Gasteiger partial charge in [-0.15, -0.1) is 0 Å². The molecule has 4 nitrogen and oxygen atoms in total. The van der Waals surface area contributed by atoms with E-state index in [-0.39, 0.29) is 11.9 Å². The molecule has 2 fully saturated rings. The number of carbonyl (C=O) groups excluding carboxylic acids is 1. The zero-order chi connectivity index (χ0) is 15.3. The van der Waals surface area contributed by atoms with E-state index in [9.17, 15) is 4.79 Å². The third-order valence-corrected chi connectivity index (χ3v) is 5.41. The summed E-state index contributed by atoms with van der Waals surface area (Å²) in [5.74, 6) is 0.357. The molecule has 5 heteroatoms. The van der Waals surface area contributed by atoms with Crippen molar-refractivity contribution in [2.45, 2.75) is 50.7 Å². The van der Waals surface area contributed by atoms with E-state index in [1.165, 1.54) is 12.8 Å². The molecule has 1 aromatic carbocycles. The number of nitrogens with one attached hydrogen (secondary N) is 2. The Morgan fingerprint density at radius 3 is 2.77 bits per heavy atom. The molecule has 22 heavy (non-hydrogen) atoms. The zero-order valence-electron chi connectivity index (χ0n) is 12.5. The van der Waals surface area contributed by atoms with Gasteiger partial charge < -0.3 is 15.1 Å². The van der Waals surface area contributed by atoms with E-state index in [0.29, 0.717) is 17.8 Å². The molecule has 0 aliphatic carbocycles. The fourth-order valence-corrected chi connectivity index (χ4v) is 4.20. The van der Waals surface area contributed by atoms with Crippen molar-refractivity contribution in [3.63, 3.8) is 0 Å². The van der Waals surface area contributed by atoms with Crippen molar-refractivity contribution in [2.75, 3.05) is 0 Å². The molecule has 0 radical (unpaired) electrons. The Balaban J connectivity index is 1.56. The zero-order valence-corrected chi connectivity index (χ0v) is 14.1. The predicted octanol–water partition coefficient (Wildman–Crippen LogP) is 3.52. The molecule has 2 atom stereocenters. The smallest absolute Gasteiger partial charge is 0.287 e. The molecule has 116 valence electrons. The first-order valence-electron chi connectivity index (χ1n) is 7.85. The summed E-state index contributed by atoms with van der Waals surface area (Å²) in [6, 6.07) is 7.21. The van der Waals surface area contributed by atoms with Crippen LogP contribution in [-0.4, -0.2) is 24.0 Å². The van der Waals surface area contributed by atoms with Crippen LogP contribution in [0.4, 0.5) is 0 Å². The Bertz CT molecular complexity index is 728. The molecule has 2 aromatic rings. The lowest BCUT2D eigenvalue weighted by molar-refractivity contribution is 0.0897. The van der Waals surface area contributed by atoms with Gasteiger partial charge in [0.2, 0.25) is 0 Å². The first kappa shape index (κ1) is 14.3. The van der Waals surface area contributed by atoms with E-state index in [2.05, 4.69) is 26.6 Å². The van der Waals surface area contributed by atoms with E-state index in [4.69, 9.17) is 4.42 Å². The molecule has 2 unspecified atom stereocenters. The summed E-state index contributed by atoms with van der Waals surface area (Å²) in [6.07, 6.45) is 4.50. The van der Waals surface area contributed by atoms with Crippen LogP contribution < -0.4 is 10.6 Å². The second-order valence-electron chi connectivity index (χ2n) is 6.48. The lowest BCUT2D eigenvalue weighted by Gasteiger charge is -2.29. The Labute approximate surface area is 137 Å². The fourth-order valence-electron chi connectivity index (χ4n) is 3.84. The van der Waals surface area contributed by atoms with Gasteiger partial charge in [-0.2, -0.15) is 0 Å². The quantitative estimate of drug-likeness (QED) is 0.859. The third-order valence-electron chi connectivity index (χ3n) is 4.91. The summed E-state index contributed by atoms with van der Waals surface area (Å²) in [5, 5.41) is 7.75. The maximum atomic E-state index is 12.6. The summed E-state index contributed by atoms with van der Waals surface area (Å²) < 4.78 is 6.77. The minimum atomic E-state index is -0.0869. The van der Waals surface area contributed by atoms with Gasteiger partial charge in [0.25, 0.3) is 5.91 Å². The fraction of sp³-hybridized carbons (Fsp3) is 0.471. The van der Waals surface area contributed by atoms with E-state index in [1.54, 1.807) is 0 Å².